The molecule has 0 unspecified atom stereocenters. The molecule has 1 aliphatic carbocycles. The van der Waals surface area contributed by atoms with E-state index in [1.54, 1.807) is 4.31 Å². The SMILES string of the molecule is C[C@@H]1[C@H]2CN(S(C)(=O)=O)C[C@H]2C[C@H]1C. The van der Waals surface area contributed by atoms with Crippen LogP contribution in [0.4, 0.5) is 0 Å². The predicted octanol–water partition coefficient (Wildman–Crippen LogP) is 1.17. The maximum atomic E-state index is 11.4. The Bertz CT molecular complexity index is 325. The van der Waals surface area contributed by atoms with E-state index in [2.05, 4.69) is 13.8 Å². The molecule has 1 saturated carbocycles. The zero-order valence-corrected chi connectivity index (χ0v) is 9.92. The first-order chi connectivity index (χ1) is 6.39. The fourth-order valence-electron chi connectivity index (χ4n) is 3.09. The molecular weight excluding hydrogens is 198 g/mol. The minimum atomic E-state index is -2.95. The Hall–Kier alpha value is -0.0900. The second-order valence-electron chi connectivity index (χ2n) is 5.08. The van der Waals surface area contributed by atoms with Gasteiger partial charge in [-0.05, 0) is 30.1 Å². The lowest BCUT2D eigenvalue weighted by Gasteiger charge is -2.19. The second-order valence-corrected chi connectivity index (χ2v) is 7.06. The smallest absolute Gasteiger partial charge is 0.211 e. The summed E-state index contributed by atoms with van der Waals surface area (Å²) in [5, 5.41) is 0. The van der Waals surface area contributed by atoms with Gasteiger partial charge < -0.3 is 0 Å². The summed E-state index contributed by atoms with van der Waals surface area (Å²) < 4.78 is 24.4. The van der Waals surface area contributed by atoms with Crippen LogP contribution >= 0.6 is 0 Å². The molecule has 0 radical (unpaired) electrons. The van der Waals surface area contributed by atoms with E-state index in [1.165, 1.54) is 12.7 Å². The van der Waals surface area contributed by atoms with Gasteiger partial charge in [-0.25, -0.2) is 12.7 Å². The van der Waals surface area contributed by atoms with E-state index in [0.717, 1.165) is 19.0 Å². The average Bonchev–Trinajstić information content (AvgIpc) is 2.54. The highest BCUT2D eigenvalue weighted by atomic mass is 32.2. The first-order valence-corrected chi connectivity index (χ1v) is 7.19. The molecule has 0 N–H and O–H groups in total. The standard InChI is InChI=1S/C10H19NO2S/c1-7-4-9-5-11(14(3,12)13)6-10(9)8(7)2/h7-10H,4-6H2,1-3H3/t7-,8+,9-,10-/m1/s1. The van der Waals surface area contributed by atoms with Crippen LogP contribution < -0.4 is 0 Å². The van der Waals surface area contributed by atoms with Gasteiger partial charge in [0.25, 0.3) is 0 Å². The van der Waals surface area contributed by atoms with Gasteiger partial charge in [0.05, 0.1) is 6.26 Å². The number of fused-ring (bicyclic) bond motifs is 1. The van der Waals surface area contributed by atoms with Gasteiger partial charge in [-0.1, -0.05) is 13.8 Å². The maximum Gasteiger partial charge on any atom is 0.211 e. The molecule has 14 heavy (non-hydrogen) atoms. The summed E-state index contributed by atoms with van der Waals surface area (Å²) in [6, 6.07) is 0. The van der Waals surface area contributed by atoms with Crippen molar-refractivity contribution in [1.29, 1.82) is 0 Å². The molecule has 2 rings (SSSR count). The molecular formula is C10H19NO2S. The zero-order chi connectivity index (χ0) is 10.5. The van der Waals surface area contributed by atoms with Gasteiger partial charge in [0, 0.05) is 13.1 Å². The van der Waals surface area contributed by atoms with Crippen LogP contribution in [0.25, 0.3) is 0 Å². The first-order valence-electron chi connectivity index (χ1n) is 5.34. The summed E-state index contributed by atoms with van der Waals surface area (Å²) in [5.74, 6) is 2.69. The molecule has 0 spiro atoms. The normalized spacial score (nSPS) is 44.2. The third kappa shape index (κ3) is 1.58. The topological polar surface area (TPSA) is 37.4 Å². The monoisotopic (exact) mass is 217 g/mol. The fraction of sp³-hybridized carbons (Fsp3) is 1.00. The van der Waals surface area contributed by atoms with Crippen molar-refractivity contribution in [2.24, 2.45) is 23.7 Å². The van der Waals surface area contributed by atoms with Crippen molar-refractivity contribution in [3.63, 3.8) is 0 Å². The Morgan fingerprint density at radius 1 is 1.21 bits per heavy atom. The second kappa shape index (κ2) is 3.20. The largest absolute Gasteiger partial charge is 0.213 e. The van der Waals surface area contributed by atoms with E-state index in [4.69, 9.17) is 0 Å². The quantitative estimate of drug-likeness (QED) is 0.661. The minimum Gasteiger partial charge on any atom is -0.213 e. The van der Waals surface area contributed by atoms with Gasteiger partial charge in [0.2, 0.25) is 10.0 Å². The van der Waals surface area contributed by atoms with Gasteiger partial charge in [-0.3, -0.25) is 0 Å². The number of hydrogen-bond donors (Lipinski definition) is 0. The average molecular weight is 217 g/mol. The highest BCUT2D eigenvalue weighted by Crippen LogP contribution is 2.45. The Labute approximate surface area is 86.5 Å². The lowest BCUT2D eigenvalue weighted by Crippen LogP contribution is -2.29. The Balaban J connectivity index is 2.12. The van der Waals surface area contributed by atoms with Crippen LogP contribution in [0.2, 0.25) is 0 Å². The minimum absolute atomic E-state index is 0.611. The Morgan fingerprint density at radius 2 is 1.86 bits per heavy atom. The lowest BCUT2D eigenvalue weighted by molar-refractivity contribution is 0.336. The molecule has 1 saturated heterocycles. The van der Waals surface area contributed by atoms with E-state index in [9.17, 15) is 8.42 Å². The van der Waals surface area contributed by atoms with E-state index in [-0.39, 0.29) is 0 Å². The van der Waals surface area contributed by atoms with Gasteiger partial charge in [0.1, 0.15) is 0 Å². The molecule has 4 heteroatoms. The van der Waals surface area contributed by atoms with Crippen molar-refractivity contribution in [2.45, 2.75) is 20.3 Å². The van der Waals surface area contributed by atoms with Gasteiger partial charge in [-0.15, -0.1) is 0 Å². The zero-order valence-electron chi connectivity index (χ0n) is 9.10. The third-order valence-corrected chi connectivity index (χ3v) is 5.41. The first kappa shape index (κ1) is 10.4. The van der Waals surface area contributed by atoms with Crippen LogP contribution in [0.3, 0.4) is 0 Å². The molecule has 0 bridgehead atoms. The number of rotatable bonds is 1. The summed E-state index contributed by atoms with van der Waals surface area (Å²) in [6.45, 7) is 6.07. The third-order valence-electron chi connectivity index (χ3n) is 4.17. The van der Waals surface area contributed by atoms with Gasteiger partial charge in [-0.2, -0.15) is 0 Å². The van der Waals surface area contributed by atoms with E-state index in [0.29, 0.717) is 17.8 Å². The van der Waals surface area contributed by atoms with Crippen molar-refractivity contribution >= 4 is 10.0 Å². The van der Waals surface area contributed by atoms with Crippen LogP contribution in [0.1, 0.15) is 20.3 Å². The molecule has 0 aromatic rings. The van der Waals surface area contributed by atoms with Crippen LogP contribution in [0.15, 0.2) is 0 Å². The number of nitrogens with zero attached hydrogens (tertiary/aromatic N) is 1. The Kier molecular flexibility index (Phi) is 2.39. The molecule has 2 aliphatic rings. The predicted molar refractivity (Wildman–Crippen MR) is 56.3 cm³/mol. The highest BCUT2D eigenvalue weighted by Gasteiger charge is 2.46. The van der Waals surface area contributed by atoms with Crippen LogP contribution in [0.5, 0.6) is 0 Å². The molecule has 1 heterocycles. The Morgan fingerprint density at radius 3 is 2.36 bits per heavy atom. The van der Waals surface area contributed by atoms with Crippen molar-refractivity contribution in [1.82, 2.24) is 4.31 Å². The van der Waals surface area contributed by atoms with Crippen LogP contribution in [-0.4, -0.2) is 32.1 Å². The molecule has 3 nitrogen and oxygen atoms in total. The molecule has 4 atom stereocenters. The van der Waals surface area contributed by atoms with Crippen molar-refractivity contribution in [3.8, 4) is 0 Å². The number of hydrogen-bond acceptors (Lipinski definition) is 2. The van der Waals surface area contributed by atoms with Crippen LogP contribution in [0, 0.1) is 23.7 Å². The van der Waals surface area contributed by atoms with E-state index in [1.807, 2.05) is 0 Å². The summed E-state index contributed by atoms with van der Waals surface area (Å²) >= 11 is 0. The molecule has 82 valence electrons. The number of sulfonamides is 1. The molecule has 1 aliphatic heterocycles. The van der Waals surface area contributed by atoms with Crippen molar-refractivity contribution in [3.05, 3.63) is 0 Å². The van der Waals surface area contributed by atoms with E-state index >= 15 is 0 Å². The summed E-state index contributed by atoms with van der Waals surface area (Å²) in [5.41, 5.74) is 0. The maximum absolute atomic E-state index is 11.4. The molecule has 0 amide bonds. The summed E-state index contributed by atoms with van der Waals surface area (Å²) in [7, 11) is -2.95. The van der Waals surface area contributed by atoms with Crippen LogP contribution in [-0.2, 0) is 10.0 Å². The summed E-state index contributed by atoms with van der Waals surface area (Å²) in [6.07, 6.45) is 2.53. The van der Waals surface area contributed by atoms with Crippen molar-refractivity contribution < 1.29 is 8.42 Å². The molecule has 2 fully saturated rings. The highest BCUT2D eigenvalue weighted by molar-refractivity contribution is 7.88. The lowest BCUT2D eigenvalue weighted by atomic mass is 9.91. The molecule has 0 aromatic carbocycles. The van der Waals surface area contributed by atoms with Gasteiger partial charge >= 0.3 is 0 Å². The molecule has 0 aromatic heterocycles. The van der Waals surface area contributed by atoms with E-state index < -0.39 is 10.0 Å². The van der Waals surface area contributed by atoms with Crippen molar-refractivity contribution in [2.75, 3.05) is 19.3 Å². The summed E-state index contributed by atoms with van der Waals surface area (Å²) in [4.78, 5) is 0. The van der Waals surface area contributed by atoms with Gasteiger partial charge in [0.15, 0.2) is 0 Å². The fourth-order valence-corrected chi connectivity index (χ4v) is 3.99.